The lowest BCUT2D eigenvalue weighted by molar-refractivity contribution is -0.152. The van der Waals surface area contributed by atoms with Crippen LogP contribution in [0.2, 0.25) is 5.02 Å². The Kier molecular flexibility index (Phi) is 7.90. The Balaban J connectivity index is 1.96. The summed E-state index contributed by atoms with van der Waals surface area (Å²) in [4.78, 5) is 58.0. The van der Waals surface area contributed by atoms with Gasteiger partial charge < -0.3 is 9.64 Å². The summed E-state index contributed by atoms with van der Waals surface area (Å²) in [5.41, 5.74) is -0.479. The van der Waals surface area contributed by atoms with E-state index in [0.717, 1.165) is 4.90 Å². The molecule has 0 fully saturated rings. The van der Waals surface area contributed by atoms with Gasteiger partial charge in [-0.25, -0.2) is 0 Å². The number of carbonyl (C=O) groups excluding carboxylic acids is 4. The number of amides is 3. The van der Waals surface area contributed by atoms with Gasteiger partial charge in [-0.05, 0) is 61.2 Å². The van der Waals surface area contributed by atoms with Crippen molar-refractivity contribution in [2.24, 2.45) is 10.8 Å². The van der Waals surface area contributed by atoms with Crippen molar-refractivity contribution in [3.05, 3.63) is 101 Å². The van der Waals surface area contributed by atoms with Gasteiger partial charge >= 0.3 is 5.97 Å². The van der Waals surface area contributed by atoms with Crippen molar-refractivity contribution in [2.45, 2.75) is 46.7 Å². The molecular formula is C32H33ClN2O5. The smallest absolute Gasteiger partial charge is 0.313 e. The van der Waals surface area contributed by atoms with E-state index in [1.807, 2.05) is 26.8 Å². The van der Waals surface area contributed by atoms with Gasteiger partial charge in [0.25, 0.3) is 17.7 Å². The number of ether oxygens (including phenoxy) is 1. The second-order valence-electron chi connectivity index (χ2n) is 11.5. The summed E-state index contributed by atoms with van der Waals surface area (Å²) in [5.74, 6) is -2.10. The van der Waals surface area contributed by atoms with Gasteiger partial charge in [-0.3, -0.25) is 24.1 Å². The molecule has 1 aliphatic heterocycles. The first-order valence-corrected chi connectivity index (χ1v) is 13.4. The molecular weight excluding hydrogens is 528 g/mol. The van der Waals surface area contributed by atoms with Crippen molar-refractivity contribution in [2.75, 3.05) is 12.0 Å². The standard InChI is InChI=1S/C32H33ClN2O5/c1-31(2,3)26(35-27(36)23-14-10-11-15-24(23)28(35)37)29(38)34(22-12-8-7-9-13-22)25(32(4,5)30(39)40-6)20-16-18-21(33)19-17-20/h7-19,25-26H,1-6H3/t25-,26-/m1/s1. The minimum atomic E-state index is -1.25. The summed E-state index contributed by atoms with van der Waals surface area (Å²) in [6, 6.07) is 20.3. The molecule has 0 aliphatic carbocycles. The summed E-state index contributed by atoms with van der Waals surface area (Å²) in [7, 11) is 1.30. The van der Waals surface area contributed by atoms with E-state index in [1.54, 1.807) is 86.6 Å². The second-order valence-corrected chi connectivity index (χ2v) is 11.9. The summed E-state index contributed by atoms with van der Waals surface area (Å²) in [5, 5.41) is 0.495. The molecule has 0 N–H and O–H groups in total. The Morgan fingerprint density at radius 1 is 0.800 bits per heavy atom. The van der Waals surface area contributed by atoms with Crippen molar-refractivity contribution in [3.63, 3.8) is 0 Å². The fourth-order valence-corrected chi connectivity index (χ4v) is 5.47. The lowest BCUT2D eigenvalue weighted by atomic mass is 9.77. The Hall–Kier alpha value is -3.97. The molecule has 3 amide bonds. The summed E-state index contributed by atoms with van der Waals surface area (Å²) >= 11 is 6.20. The third kappa shape index (κ3) is 5.13. The Bertz CT molecular complexity index is 1410. The zero-order valence-corrected chi connectivity index (χ0v) is 24.2. The third-order valence-corrected chi connectivity index (χ3v) is 7.50. The molecule has 208 valence electrons. The topological polar surface area (TPSA) is 84.0 Å². The third-order valence-electron chi connectivity index (χ3n) is 7.25. The minimum Gasteiger partial charge on any atom is -0.469 e. The molecule has 0 saturated heterocycles. The minimum absolute atomic E-state index is 0.255. The van der Waals surface area contributed by atoms with Gasteiger partial charge in [0.2, 0.25) is 0 Å². The SMILES string of the molecule is COC(=O)C(C)(C)[C@@H](c1ccc(Cl)cc1)N(C(=O)[C@@H](N1C(=O)c2ccccc2C1=O)C(C)(C)C)c1ccccc1. The number of nitrogens with zero attached hydrogens (tertiary/aromatic N) is 2. The molecule has 4 rings (SSSR count). The molecule has 0 radical (unpaired) electrons. The predicted octanol–water partition coefficient (Wildman–Crippen LogP) is 6.32. The second kappa shape index (κ2) is 10.9. The van der Waals surface area contributed by atoms with Crippen LogP contribution in [0.5, 0.6) is 0 Å². The number of methoxy groups -OCH3 is 1. The van der Waals surface area contributed by atoms with Gasteiger partial charge in [-0.2, -0.15) is 0 Å². The average Bonchev–Trinajstić information content (AvgIpc) is 3.16. The number of benzene rings is 3. The normalized spacial score (nSPS) is 14.9. The number of esters is 1. The van der Waals surface area contributed by atoms with Gasteiger partial charge in [-0.1, -0.05) is 74.8 Å². The van der Waals surface area contributed by atoms with Gasteiger partial charge in [0.05, 0.1) is 29.7 Å². The van der Waals surface area contributed by atoms with Crippen LogP contribution in [0.1, 0.15) is 66.9 Å². The van der Waals surface area contributed by atoms with Crippen molar-refractivity contribution in [3.8, 4) is 0 Å². The lowest BCUT2D eigenvalue weighted by Crippen LogP contribution is -2.59. The molecule has 0 spiro atoms. The van der Waals surface area contributed by atoms with E-state index >= 15 is 0 Å². The van der Waals surface area contributed by atoms with Gasteiger partial charge in [-0.15, -0.1) is 0 Å². The average molecular weight is 561 g/mol. The molecule has 0 bridgehead atoms. The number of para-hydroxylation sites is 1. The van der Waals surface area contributed by atoms with Gasteiger partial charge in [0.15, 0.2) is 0 Å². The van der Waals surface area contributed by atoms with Gasteiger partial charge in [0, 0.05) is 10.7 Å². The largest absolute Gasteiger partial charge is 0.469 e. The van der Waals surface area contributed by atoms with E-state index in [9.17, 15) is 19.2 Å². The Morgan fingerprint density at radius 3 is 1.77 bits per heavy atom. The van der Waals surface area contributed by atoms with Crippen LogP contribution in [-0.4, -0.2) is 41.7 Å². The number of carbonyl (C=O) groups is 4. The number of halogens is 1. The Labute approximate surface area is 239 Å². The zero-order chi connectivity index (χ0) is 29.4. The van der Waals surface area contributed by atoms with Crippen molar-refractivity contribution < 1.29 is 23.9 Å². The molecule has 3 aromatic rings. The van der Waals surface area contributed by atoms with E-state index in [0.29, 0.717) is 16.3 Å². The molecule has 3 aromatic carbocycles. The molecule has 2 atom stereocenters. The van der Waals surface area contributed by atoms with Gasteiger partial charge in [0.1, 0.15) is 6.04 Å². The predicted molar refractivity (Wildman–Crippen MR) is 154 cm³/mol. The number of rotatable bonds is 7. The molecule has 7 nitrogen and oxygen atoms in total. The summed E-state index contributed by atoms with van der Waals surface area (Å²) < 4.78 is 5.19. The highest BCUT2D eigenvalue weighted by molar-refractivity contribution is 6.30. The maximum absolute atomic E-state index is 15.0. The van der Waals surface area contributed by atoms with Crippen molar-refractivity contribution in [1.29, 1.82) is 0 Å². The van der Waals surface area contributed by atoms with Crippen LogP contribution in [0.25, 0.3) is 0 Å². The van der Waals surface area contributed by atoms with Crippen LogP contribution >= 0.6 is 11.6 Å². The molecule has 1 aliphatic rings. The number of hydrogen-bond donors (Lipinski definition) is 0. The first-order chi connectivity index (χ1) is 18.8. The maximum atomic E-state index is 15.0. The van der Waals surface area contributed by atoms with Crippen LogP contribution in [0, 0.1) is 10.8 Å². The number of anilines is 1. The van der Waals surface area contributed by atoms with E-state index in [1.165, 1.54) is 12.0 Å². The van der Waals surface area contributed by atoms with E-state index in [-0.39, 0.29) is 11.1 Å². The van der Waals surface area contributed by atoms with Crippen LogP contribution < -0.4 is 4.90 Å². The fourth-order valence-electron chi connectivity index (χ4n) is 5.34. The number of fused-ring (bicyclic) bond motifs is 1. The summed E-state index contributed by atoms with van der Waals surface area (Å²) in [6.07, 6.45) is 0. The molecule has 40 heavy (non-hydrogen) atoms. The quantitative estimate of drug-likeness (QED) is 0.249. The monoisotopic (exact) mass is 560 g/mol. The van der Waals surface area contributed by atoms with Crippen molar-refractivity contribution >= 4 is 41.0 Å². The van der Waals surface area contributed by atoms with Crippen LogP contribution in [0.4, 0.5) is 5.69 Å². The summed E-state index contributed by atoms with van der Waals surface area (Å²) in [6.45, 7) is 8.84. The molecule has 0 aromatic heterocycles. The zero-order valence-electron chi connectivity index (χ0n) is 23.5. The maximum Gasteiger partial charge on any atom is 0.313 e. The molecule has 8 heteroatoms. The van der Waals surface area contributed by atoms with Crippen LogP contribution in [0.3, 0.4) is 0 Å². The lowest BCUT2D eigenvalue weighted by Gasteiger charge is -2.45. The van der Waals surface area contributed by atoms with Crippen LogP contribution in [-0.2, 0) is 14.3 Å². The molecule has 0 saturated carbocycles. The highest BCUT2D eigenvalue weighted by Crippen LogP contribution is 2.44. The highest BCUT2D eigenvalue weighted by atomic mass is 35.5. The first-order valence-electron chi connectivity index (χ1n) is 13.0. The molecule has 1 heterocycles. The van der Waals surface area contributed by atoms with E-state index < -0.39 is 46.6 Å². The molecule has 0 unspecified atom stereocenters. The van der Waals surface area contributed by atoms with Crippen LogP contribution in [0.15, 0.2) is 78.9 Å². The Morgan fingerprint density at radius 2 is 1.30 bits per heavy atom. The first kappa shape index (κ1) is 29.0. The van der Waals surface area contributed by atoms with E-state index in [2.05, 4.69) is 0 Å². The fraction of sp³-hybridized carbons (Fsp3) is 0.312. The van der Waals surface area contributed by atoms with E-state index in [4.69, 9.17) is 16.3 Å². The van der Waals surface area contributed by atoms with Crippen molar-refractivity contribution in [1.82, 2.24) is 4.90 Å². The number of hydrogen-bond acceptors (Lipinski definition) is 5. The number of imide groups is 1. The highest BCUT2D eigenvalue weighted by Gasteiger charge is 2.52.